The summed E-state index contributed by atoms with van der Waals surface area (Å²) < 4.78 is 32.6. The molecule has 0 spiro atoms. The molecule has 0 aromatic heterocycles. The Balaban J connectivity index is 0.00000220. The highest BCUT2D eigenvalue weighted by molar-refractivity contribution is 7.89. The van der Waals surface area contributed by atoms with Crippen LogP contribution in [0.3, 0.4) is 0 Å². The number of nitrogens with two attached hydrogens (primary N) is 1. The second-order valence-electron chi connectivity index (χ2n) is 5.14. The molecule has 1 aliphatic carbocycles. The van der Waals surface area contributed by atoms with Crippen molar-refractivity contribution in [1.29, 1.82) is 0 Å². The van der Waals surface area contributed by atoms with Crippen LogP contribution in [-0.2, 0) is 10.0 Å². The van der Waals surface area contributed by atoms with Crippen LogP contribution in [0.4, 0.5) is 0 Å². The summed E-state index contributed by atoms with van der Waals surface area (Å²) in [4.78, 5) is 0.274. The van der Waals surface area contributed by atoms with E-state index in [0.29, 0.717) is 12.4 Å². The fourth-order valence-electron chi connectivity index (χ4n) is 2.41. The Morgan fingerprint density at radius 3 is 2.29 bits per heavy atom. The summed E-state index contributed by atoms with van der Waals surface area (Å²) in [5.41, 5.74) is 5.83. The van der Waals surface area contributed by atoms with Crippen LogP contribution >= 0.6 is 12.4 Å². The van der Waals surface area contributed by atoms with Crippen LogP contribution in [0.5, 0.6) is 5.75 Å². The third-order valence-electron chi connectivity index (χ3n) is 3.54. The fraction of sp³-hybridized carbons (Fsp3) is 0.571. The molecule has 0 atom stereocenters. The van der Waals surface area contributed by atoms with Crippen LogP contribution in [0.2, 0.25) is 0 Å². The zero-order valence-electron chi connectivity index (χ0n) is 12.1. The minimum atomic E-state index is -3.46. The summed E-state index contributed by atoms with van der Waals surface area (Å²) in [5, 5.41) is 0. The number of hydrogen-bond acceptors (Lipinski definition) is 4. The molecule has 7 heteroatoms. The molecule has 2 rings (SSSR count). The van der Waals surface area contributed by atoms with Gasteiger partial charge in [0.15, 0.2) is 0 Å². The smallest absolute Gasteiger partial charge is 0.240 e. The number of hydrogen-bond donors (Lipinski definition) is 2. The molecule has 120 valence electrons. The molecule has 1 aromatic carbocycles. The van der Waals surface area contributed by atoms with E-state index in [4.69, 9.17) is 10.5 Å². The van der Waals surface area contributed by atoms with Gasteiger partial charge in [-0.3, -0.25) is 0 Å². The average molecular weight is 335 g/mol. The number of rotatable bonds is 5. The van der Waals surface area contributed by atoms with Crippen LogP contribution in [-0.4, -0.2) is 27.1 Å². The first-order valence-corrected chi connectivity index (χ1v) is 8.50. The number of halogens is 1. The van der Waals surface area contributed by atoms with Gasteiger partial charge in [0.25, 0.3) is 0 Å². The molecule has 1 saturated carbocycles. The molecule has 21 heavy (non-hydrogen) atoms. The van der Waals surface area contributed by atoms with E-state index in [9.17, 15) is 8.42 Å². The van der Waals surface area contributed by atoms with Gasteiger partial charge in [-0.25, -0.2) is 13.1 Å². The predicted octanol–water partition coefficient (Wildman–Crippen LogP) is 2.06. The maximum Gasteiger partial charge on any atom is 0.240 e. The quantitative estimate of drug-likeness (QED) is 0.863. The summed E-state index contributed by atoms with van der Waals surface area (Å²) in [6.45, 7) is 2.45. The van der Waals surface area contributed by atoms with Gasteiger partial charge in [-0.1, -0.05) is 0 Å². The largest absolute Gasteiger partial charge is 0.494 e. The first-order valence-electron chi connectivity index (χ1n) is 7.02. The lowest BCUT2D eigenvalue weighted by atomic mass is 9.93. The molecule has 0 unspecified atom stereocenters. The normalized spacial score (nSPS) is 22.4. The lowest BCUT2D eigenvalue weighted by molar-refractivity contribution is 0.340. The first-order chi connectivity index (χ1) is 9.51. The Labute approximate surface area is 132 Å². The second-order valence-corrected chi connectivity index (χ2v) is 6.85. The molecule has 0 saturated heterocycles. The van der Waals surface area contributed by atoms with Crippen molar-refractivity contribution in [3.8, 4) is 5.75 Å². The van der Waals surface area contributed by atoms with Crippen LogP contribution in [0.25, 0.3) is 0 Å². The number of nitrogens with one attached hydrogen (secondary N) is 1. The summed E-state index contributed by atoms with van der Waals surface area (Å²) in [6, 6.07) is 6.70. The van der Waals surface area contributed by atoms with Gasteiger partial charge in [-0.2, -0.15) is 0 Å². The van der Waals surface area contributed by atoms with E-state index in [1.165, 1.54) is 0 Å². The van der Waals surface area contributed by atoms with Crippen molar-refractivity contribution in [2.45, 2.75) is 49.6 Å². The van der Waals surface area contributed by atoms with Gasteiger partial charge in [-0.05, 0) is 56.9 Å². The SMILES string of the molecule is CCOc1ccc(S(=O)(=O)NC2CCC(N)CC2)cc1.Cl. The highest BCUT2D eigenvalue weighted by Gasteiger charge is 2.24. The molecule has 1 fully saturated rings. The van der Waals surface area contributed by atoms with Crippen molar-refractivity contribution in [1.82, 2.24) is 4.72 Å². The Kier molecular flexibility index (Phi) is 6.93. The molecule has 0 bridgehead atoms. The topological polar surface area (TPSA) is 81.4 Å². The molecule has 3 N–H and O–H groups in total. The Bertz CT molecular complexity index is 526. The predicted molar refractivity (Wildman–Crippen MR) is 85.4 cm³/mol. The molecular weight excluding hydrogens is 312 g/mol. The van der Waals surface area contributed by atoms with Crippen molar-refractivity contribution >= 4 is 22.4 Å². The van der Waals surface area contributed by atoms with Crippen molar-refractivity contribution < 1.29 is 13.2 Å². The number of ether oxygens (including phenoxy) is 1. The van der Waals surface area contributed by atoms with Crippen LogP contribution in [0.15, 0.2) is 29.2 Å². The van der Waals surface area contributed by atoms with E-state index >= 15 is 0 Å². The highest BCUT2D eigenvalue weighted by Crippen LogP contribution is 2.21. The average Bonchev–Trinajstić information content (AvgIpc) is 2.42. The molecule has 0 heterocycles. The highest BCUT2D eigenvalue weighted by atomic mass is 35.5. The van der Waals surface area contributed by atoms with Gasteiger partial charge >= 0.3 is 0 Å². The summed E-state index contributed by atoms with van der Waals surface area (Å²) >= 11 is 0. The van der Waals surface area contributed by atoms with Gasteiger partial charge in [0, 0.05) is 12.1 Å². The van der Waals surface area contributed by atoms with Crippen LogP contribution in [0.1, 0.15) is 32.6 Å². The monoisotopic (exact) mass is 334 g/mol. The number of sulfonamides is 1. The Morgan fingerprint density at radius 1 is 1.19 bits per heavy atom. The molecule has 1 aliphatic rings. The summed E-state index contributed by atoms with van der Waals surface area (Å²) in [6.07, 6.45) is 3.35. The number of benzene rings is 1. The molecular formula is C14H23ClN2O3S. The minimum Gasteiger partial charge on any atom is -0.494 e. The molecule has 5 nitrogen and oxygen atoms in total. The van der Waals surface area contributed by atoms with E-state index in [0.717, 1.165) is 25.7 Å². The third-order valence-corrected chi connectivity index (χ3v) is 5.08. The van der Waals surface area contributed by atoms with Gasteiger partial charge in [0.05, 0.1) is 11.5 Å². The van der Waals surface area contributed by atoms with E-state index < -0.39 is 10.0 Å². The van der Waals surface area contributed by atoms with E-state index in [1.807, 2.05) is 6.92 Å². The second kappa shape index (κ2) is 7.98. The zero-order chi connectivity index (χ0) is 14.6. The van der Waals surface area contributed by atoms with Gasteiger partial charge in [0.2, 0.25) is 10.0 Å². The van der Waals surface area contributed by atoms with E-state index in [1.54, 1.807) is 24.3 Å². The third kappa shape index (κ3) is 5.14. The van der Waals surface area contributed by atoms with E-state index in [-0.39, 0.29) is 29.4 Å². The van der Waals surface area contributed by atoms with Gasteiger partial charge in [-0.15, -0.1) is 12.4 Å². The van der Waals surface area contributed by atoms with Crippen molar-refractivity contribution in [3.05, 3.63) is 24.3 Å². The Hall–Kier alpha value is -0.820. The lowest BCUT2D eigenvalue weighted by Crippen LogP contribution is -2.40. The van der Waals surface area contributed by atoms with Crippen LogP contribution in [0, 0.1) is 0 Å². The van der Waals surface area contributed by atoms with Crippen molar-refractivity contribution in [2.75, 3.05) is 6.61 Å². The maximum absolute atomic E-state index is 12.3. The van der Waals surface area contributed by atoms with Crippen LogP contribution < -0.4 is 15.2 Å². The van der Waals surface area contributed by atoms with Gasteiger partial charge in [0.1, 0.15) is 5.75 Å². The fourth-order valence-corrected chi connectivity index (χ4v) is 3.71. The summed E-state index contributed by atoms with van der Waals surface area (Å²) in [7, 11) is -3.46. The van der Waals surface area contributed by atoms with E-state index in [2.05, 4.69) is 4.72 Å². The molecule has 0 amide bonds. The van der Waals surface area contributed by atoms with Crippen molar-refractivity contribution in [3.63, 3.8) is 0 Å². The standard InChI is InChI=1S/C14H22N2O3S.ClH/c1-2-19-13-7-9-14(10-8-13)20(17,18)16-12-5-3-11(15)4-6-12;/h7-12,16H,2-6,15H2,1H3;1H. The van der Waals surface area contributed by atoms with Gasteiger partial charge < -0.3 is 10.5 Å². The zero-order valence-corrected chi connectivity index (χ0v) is 13.8. The molecule has 1 aromatic rings. The van der Waals surface area contributed by atoms with Crippen molar-refractivity contribution in [2.24, 2.45) is 5.73 Å². The summed E-state index contributed by atoms with van der Waals surface area (Å²) in [5.74, 6) is 0.676. The molecule has 0 radical (unpaired) electrons. The maximum atomic E-state index is 12.3. The lowest BCUT2D eigenvalue weighted by Gasteiger charge is -2.26. The first kappa shape index (κ1) is 18.2. The minimum absolute atomic E-state index is 0. The Morgan fingerprint density at radius 2 is 1.76 bits per heavy atom. The molecule has 0 aliphatic heterocycles.